The summed E-state index contributed by atoms with van der Waals surface area (Å²) in [6.07, 6.45) is 8.33. The van der Waals surface area contributed by atoms with E-state index in [-0.39, 0.29) is 0 Å². The zero-order valence-electron chi connectivity index (χ0n) is 18.9. The van der Waals surface area contributed by atoms with Gasteiger partial charge in [0.15, 0.2) is 0 Å². The van der Waals surface area contributed by atoms with Crippen LogP contribution in [0, 0.1) is 0 Å². The molecule has 0 radical (unpaired) electrons. The fourth-order valence-corrected chi connectivity index (χ4v) is 2.48. The maximum Gasteiger partial charge on any atom is 0.0457 e. The minimum Gasteiger partial charge on any atom is -0.356 e. The van der Waals surface area contributed by atoms with Crippen LogP contribution in [0.15, 0.2) is 97.6 Å². The summed E-state index contributed by atoms with van der Waals surface area (Å²) in [5.41, 5.74) is 5.56. The summed E-state index contributed by atoms with van der Waals surface area (Å²) < 4.78 is 0. The minimum absolute atomic E-state index is 1.04. The van der Waals surface area contributed by atoms with Crippen LogP contribution in [0.2, 0.25) is 0 Å². The van der Waals surface area contributed by atoms with Crippen LogP contribution in [0.1, 0.15) is 46.1 Å². The molecule has 0 aliphatic carbocycles. The van der Waals surface area contributed by atoms with Crippen molar-refractivity contribution in [3.8, 4) is 0 Å². The third-order valence-corrected chi connectivity index (χ3v) is 4.01. The predicted octanol–water partition coefficient (Wildman–Crippen LogP) is 9.21. The maximum atomic E-state index is 3.49. The molecule has 2 heteroatoms. The van der Waals surface area contributed by atoms with Gasteiger partial charge in [0.05, 0.1) is 0 Å². The molecule has 3 aromatic rings. The smallest absolute Gasteiger partial charge is 0.0457 e. The highest BCUT2D eigenvalue weighted by Crippen LogP contribution is 2.24. The molecule has 2 nitrogen and oxygen atoms in total. The average molecular weight is 401 g/mol. The van der Waals surface area contributed by atoms with E-state index in [0.29, 0.717) is 0 Å². The normalized spacial score (nSPS) is 9.60. The summed E-state index contributed by atoms with van der Waals surface area (Å²) in [4.78, 5) is 0. The van der Waals surface area contributed by atoms with Crippen LogP contribution in [-0.4, -0.2) is 0 Å². The second-order valence-corrected chi connectivity index (χ2v) is 6.29. The fraction of sp³-hybridized carbons (Fsp3) is 0.214. The van der Waals surface area contributed by atoms with Crippen LogP contribution in [0.5, 0.6) is 0 Å². The van der Waals surface area contributed by atoms with Crippen molar-refractivity contribution in [3.63, 3.8) is 0 Å². The van der Waals surface area contributed by atoms with Crippen LogP contribution in [0.25, 0.3) is 6.08 Å². The van der Waals surface area contributed by atoms with Gasteiger partial charge in [-0.25, -0.2) is 0 Å². The van der Waals surface area contributed by atoms with Gasteiger partial charge in [-0.1, -0.05) is 82.3 Å². The van der Waals surface area contributed by atoms with Crippen LogP contribution in [-0.2, 0) is 0 Å². The van der Waals surface area contributed by atoms with Gasteiger partial charge in [0.1, 0.15) is 0 Å². The molecule has 158 valence electrons. The second-order valence-electron chi connectivity index (χ2n) is 6.29. The largest absolute Gasteiger partial charge is 0.356 e. The molecule has 0 aromatic heterocycles. The van der Waals surface area contributed by atoms with Gasteiger partial charge in [0.2, 0.25) is 0 Å². The zero-order chi connectivity index (χ0) is 22.0. The molecule has 0 unspecified atom stereocenters. The van der Waals surface area contributed by atoms with Crippen molar-refractivity contribution >= 4 is 28.8 Å². The molecule has 0 saturated carbocycles. The summed E-state index contributed by atoms with van der Waals surface area (Å²) in [6.45, 7) is 11.7. The Morgan fingerprint density at radius 1 is 0.667 bits per heavy atom. The lowest BCUT2D eigenvalue weighted by Gasteiger charge is -2.11. The molecular weight excluding hydrogens is 364 g/mol. The van der Waals surface area contributed by atoms with Gasteiger partial charge in [-0.05, 0) is 60.9 Å². The molecule has 0 amide bonds. The number of rotatable bonds is 7. The zero-order valence-corrected chi connectivity index (χ0v) is 18.9. The van der Waals surface area contributed by atoms with Crippen LogP contribution in [0.4, 0.5) is 22.7 Å². The number of anilines is 4. The van der Waals surface area contributed by atoms with E-state index in [1.54, 1.807) is 0 Å². The number of hydrogen-bond acceptors (Lipinski definition) is 2. The third kappa shape index (κ3) is 9.29. The first-order valence-corrected chi connectivity index (χ1v) is 10.8. The number of benzene rings is 3. The quantitative estimate of drug-likeness (QED) is 0.386. The molecule has 30 heavy (non-hydrogen) atoms. The van der Waals surface area contributed by atoms with E-state index in [0.717, 1.165) is 35.6 Å². The minimum atomic E-state index is 1.04. The summed E-state index contributed by atoms with van der Waals surface area (Å²) in [7, 11) is 0. The number of para-hydroxylation sites is 2. The molecule has 0 bridgehead atoms. The van der Waals surface area contributed by atoms with E-state index < -0.39 is 0 Å². The summed E-state index contributed by atoms with van der Waals surface area (Å²) in [6, 6.07) is 26.9. The molecule has 0 saturated heterocycles. The van der Waals surface area contributed by atoms with Gasteiger partial charge in [-0.15, -0.1) is 6.58 Å². The lowest BCUT2D eigenvalue weighted by Crippen LogP contribution is -1.94. The van der Waals surface area contributed by atoms with Gasteiger partial charge < -0.3 is 10.6 Å². The Bertz CT molecular complexity index is 849. The molecule has 0 atom stereocenters. The third-order valence-electron chi connectivity index (χ3n) is 4.01. The first kappa shape index (κ1) is 24.8. The molecule has 0 aliphatic heterocycles. The standard InChI is InChI=1S/C22H22N2.C4H8.C2H6/c1-2-3-9-18-10-7-8-13-22(18)24-21-16-14-20(15-17-21)23-19-11-5-4-6-12-19;1-3-4-2;1-2/h3-17,23-24H,2H2,1H3;3H,1,4H2,2H3;1-2H3/b9-3+;;. The van der Waals surface area contributed by atoms with E-state index in [1.165, 1.54) is 5.56 Å². The number of allylic oxidation sites excluding steroid dienone is 2. The molecule has 0 aliphatic rings. The Morgan fingerprint density at radius 2 is 1.17 bits per heavy atom. The van der Waals surface area contributed by atoms with E-state index in [1.807, 2.05) is 38.1 Å². The Kier molecular flexibility index (Phi) is 12.9. The van der Waals surface area contributed by atoms with Gasteiger partial charge >= 0.3 is 0 Å². The van der Waals surface area contributed by atoms with Crippen molar-refractivity contribution in [3.05, 3.63) is 103 Å². The van der Waals surface area contributed by atoms with Crippen LogP contribution < -0.4 is 10.6 Å². The Labute approximate surface area is 183 Å². The van der Waals surface area contributed by atoms with Gasteiger partial charge in [-0.3, -0.25) is 0 Å². The van der Waals surface area contributed by atoms with Crippen LogP contribution in [0.3, 0.4) is 0 Å². The SMILES string of the molecule is C=CCC.CC.CC/C=C/c1ccccc1Nc1ccc(Nc2ccccc2)cc1. The number of nitrogens with one attached hydrogen (secondary N) is 2. The molecule has 0 heterocycles. The Hall–Kier alpha value is -3.26. The molecule has 0 fully saturated rings. The highest BCUT2D eigenvalue weighted by atomic mass is 14.9. The van der Waals surface area contributed by atoms with Crippen molar-refractivity contribution in [2.75, 3.05) is 10.6 Å². The topological polar surface area (TPSA) is 24.1 Å². The lowest BCUT2D eigenvalue weighted by molar-refractivity contribution is 1.23. The van der Waals surface area contributed by atoms with E-state index in [9.17, 15) is 0 Å². The molecule has 3 aromatic carbocycles. The number of hydrogen-bond donors (Lipinski definition) is 2. The van der Waals surface area contributed by atoms with Gasteiger partial charge in [0.25, 0.3) is 0 Å². The Morgan fingerprint density at radius 3 is 1.73 bits per heavy atom. The van der Waals surface area contributed by atoms with Gasteiger partial charge in [-0.2, -0.15) is 0 Å². The van der Waals surface area contributed by atoms with E-state index >= 15 is 0 Å². The first-order valence-electron chi connectivity index (χ1n) is 10.8. The second kappa shape index (κ2) is 15.6. The Balaban J connectivity index is 0.000000673. The highest BCUT2D eigenvalue weighted by molar-refractivity contribution is 5.73. The fourth-order valence-electron chi connectivity index (χ4n) is 2.48. The monoisotopic (exact) mass is 400 g/mol. The lowest BCUT2D eigenvalue weighted by atomic mass is 10.1. The van der Waals surface area contributed by atoms with E-state index in [2.05, 4.69) is 104 Å². The predicted molar refractivity (Wildman–Crippen MR) is 137 cm³/mol. The summed E-state index contributed by atoms with van der Waals surface area (Å²) >= 11 is 0. The van der Waals surface area contributed by atoms with E-state index in [4.69, 9.17) is 0 Å². The molecular formula is C28H36N2. The van der Waals surface area contributed by atoms with Crippen molar-refractivity contribution in [2.45, 2.75) is 40.5 Å². The van der Waals surface area contributed by atoms with Crippen molar-refractivity contribution in [1.82, 2.24) is 0 Å². The van der Waals surface area contributed by atoms with Crippen LogP contribution >= 0.6 is 0 Å². The van der Waals surface area contributed by atoms with Crippen molar-refractivity contribution in [2.24, 2.45) is 0 Å². The molecule has 3 rings (SSSR count). The average Bonchev–Trinajstić information content (AvgIpc) is 2.82. The first-order chi connectivity index (χ1) is 14.8. The molecule has 2 N–H and O–H groups in total. The summed E-state index contributed by atoms with van der Waals surface area (Å²) in [5.74, 6) is 0. The van der Waals surface area contributed by atoms with Crippen molar-refractivity contribution < 1.29 is 0 Å². The van der Waals surface area contributed by atoms with Crippen molar-refractivity contribution in [1.29, 1.82) is 0 Å². The highest BCUT2D eigenvalue weighted by Gasteiger charge is 2.00. The maximum absolute atomic E-state index is 3.49. The summed E-state index contributed by atoms with van der Waals surface area (Å²) in [5, 5.41) is 6.89. The van der Waals surface area contributed by atoms with Gasteiger partial charge in [0, 0.05) is 22.7 Å². The molecule has 0 spiro atoms.